The van der Waals surface area contributed by atoms with Gasteiger partial charge in [0.1, 0.15) is 11.7 Å². The molecule has 0 radical (unpaired) electrons. The topological polar surface area (TPSA) is 40.5 Å². The van der Waals surface area contributed by atoms with Crippen LogP contribution in [0.2, 0.25) is 19.6 Å². The van der Waals surface area contributed by atoms with Crippen LogP contribution in [0, 0.1) is 11.8 Å². The van der Waals surface area contributed by atoms with Crippen LogP contribution in [0.15, 0.2) is 52.8 Å². The molecule has 0 aliphatic heterocycles. The minimum Gasteiger partial charge on any atom is -0.385 e. The molecule has 24 heavy (non-hydrogen) atoms. The van der Waals surface area contributed by atoms with Gasteiger partial charge in [0, 0.05) is 5.56 Å². The van der Waals surface area contributed by atoms with E-state index in [4.69, 9.17) is 0 Å². The minimum atomic E-state index is -1.75. The molecule has 2 N–H and O–H groups in total. The smallest absolute Gasteiger partial charge is 0.120 e. The third-order valence-corrected chi connectivity index (χ3v) is 6.86. The Morgan fingerprint density at radius 2 is 1.88 bits per heavy atom. The van der Waals surface area contributed by atoms with Gasteiger partial charge in [-0.1, -0.05) is 55.8 Å². The predicted molar refractivity (Wildman–Crippen MR) is 101 cm³/mol. The van der Waals surface area contributed by atoms with Gasteiger partial charge in [0.25, 0.3) is 0 Å². The third kappa shape index (κ3) is 3.02. The summed E-state index contributed by atoms with van der Waals surface area (Å²) in [4.78, 5) is 0. The monoisotopic (exact) mass is 338 g/mol. The summed E-state index contributed by atoms with van der Waals surface area (Å²) >= 11 is 0. The summed E-state index contributed by atoms with van der Waals surface area (Å²) in [7, 11) is -1.75. The zero-order chi connectivity index (χ0) is 17.4. The number of benzene rings is 1. The van der Waals surface area contributed by atoms with Gasteiger partial charge in [-0.3, -0.25) is 0 Å². The molecule has 0 saturated heterocycles. The van der Waals surface area contributed by atoms with Crippen molar-refractivity contribution in [3.63, 3.8) is 0 Å². The highest BCUT2D eigenvalue weighted by Gasteiger charge is 2.54. The van der Waals surface area contributed by atoms with Crippen molar-refractivity contribution in [1.82, 2.24) is 0 Å². The Hall–Kier alpha value is -1.60. The second-order valence-electron chi connectivity index (χ2n) is 7.85. The number of hydrogen-bond acceptors (Lipinski definition) is 2. The fourth-order valence-electron chi connectivity index (χ4n) is 3.62. The van der Waals surface area contributed by atoms with Crippen molar-refractivity contribution in [1.29, 1.82) is 0 Å². The van der Waals surface area contributed by atoms with E-state index < -0.39 is 19.8 Å². The fraction of sp³-hybridized carbons (Fsp3) is 0.429. The van der Waals surface area contributed by atoms with Crippen molar-refractivity contribution in [3.8, 4) is 11.8 Å². The molecule has 0 heterocycles. The maximum atomic E-state index is 10.9. The highest BCUT2D eigenvalue weighted by molar-refractivity contribution is 6.84. The molecule has 1 aromatic rings. The summed E-state index contributed by atoms with van der Waals surface area (Å²) < 4.78 is 0. The number of aliphatic hydroxyl groups excluding tert-OH is 1. The van der Waals surface area contributed by atoms with Gasteiger partial charge in [-0.15, -0.1) is 0 Å². The molecule has 1 fully saturated rings. The molecule has 2 aliphatic carbocycles. The van der Waals surface area contributed by atoms with Crippen molar-refractivity contribution < 1.29 is 10.2 Å². The van der Waals surface area contributed by atoms with Gasteiger partial charge in [-0.05, 0) is 54.2 Å². The molecular formula is C21H26O2Si. The zero-order valence-electron chi connectivity index (χ0n) is 14.8. The molecule has 0 aromatic heterocycles. The Bertz CT molecular complexity index is 744. The van der Waals surface area contributed by atoms with E-state index in [0.29, 0.717) is 6.42 Å². The van der Waals surface area contributed by atoms with E-state index in [-0.39, 0.29) is 0 Å². The number of allylic oxidation sites excluding steroid dienone is 2. The normalized spacial score (nSPS) is 28.5. The van der Waals surface area contributed by atoms with E-state index in [1.165, 1.54) is 0 Å². The molecule has 3 heteroatoms. The van der Waals surface area contributed by atoms with E-state index in [1.807, 2.05) is 30.3 Å². The molecular weight excluding hydrogens is 312 g/mol. The Balaban J connectivity index is 2.08. The lowest BCUT2D eigenvalue weighted by Gasteiger charge is -2.49. The summed E-state index contributed by atoms with van der Waals surface area (Å²) in [5, 5.41) is 22.7. The van der Waals surface area contributed by atoms with E-state index in [0.717, 1.165) is 41.2 Å². The lowest BCUT2D eigenvalue weighted by Crippen LogP contribution is -2.57. The largest absolute Gasteiger partial charge is 0.385 e. The summed E-state index contributed by atoms with van der Waals surface area (Å²) in [5.74, 6) is 6.61. The Morgan fingerprint density at radius 3 is 2.54 bits per heavy atom. The van der Waals surface area contributed by atoms with Crippen LogP contribution in [0.25, 0.3) is 0 Å². The van der Waals surface area contributed by atoms with Crippen LogP contribution in [0.4, 0.5) is 0 Å². The highest BCUT2D eigenvalue weighted by Crippen LogP contribution is 2.50. The van der Waals surface area contributed by atoms with Gasteiger partial charge in [-0.25, -0.2) is 0 Å². The minimum absolute atomic E-state index is 0.647. The van der Waals surface area contributed by atoms with E-state index in [9.17, 15) is 10.2 Å². The van der Waals surface area contributed by atoms with Crippen molar-refractivity contribution in [3.05, 3.63) is 58.3 Å². The summed E-state index contributed by atoms with van der Waals surface area (Å²) in [5.41, 5.74) is 1.77. The molecule has 126 valence electrons. The van der Waals surface area contributed by atoms with Gasteiger partial charge >= 0.3 is 0 Å². The summed E-state index contributed by atoms with van der Waals surface area (Å²) in [6.07, 6.45) is 4.98. The van der Waals surface area contributed by atoms with Crippen molar-refractivity contribution >= 4 is 8.07 Å². The molecule has 1 aromatic carbocycles. The third-order valence-electron chi connectivity index (χ3n) is 4.97. The molecule has 0 unspecified atom stereocenters. The molecule has 3 rings (SSSR count). The second kappa shape index (κ2) is 6.37. The molecule has 2 atom stereocenters. The van der Waals surface area contributed by atoms with Crippen LogP contribution in [-0.2, 0) is 0 Å². The van der Waals surface area contributed by atoms with Gasteiger partial charge in [0.2, 0.25) is 0 Å². The fourth-order valence-corrected chi connectivity index (χ4v) is 5.14. The van der Waals surface area contributed by atoms with Crippen molar-refractivity contribution in [2.45, 2.75) is 57.0 Å². The average molecular weight is 339 g/mol. The SMILES string of the molecule is C[Si](C)(C)/C(C#Cc1ccccc1)=C1\C2=CCCCC[C@@]2(O)[C@@H]1O. The summed E-state index contributed by atoms with van der Waals surface area (Å²) in [6, 6.07) is 9.94. The quantitative estimate of drug-likeness (QED) is 0.604. The lowest BCUT2D eigenvalue weighted by molar-refractivity contribution is -0.0653. The molecule has 2 aliphatic rings. The lowest BCUT2D eigenvalue weighted by atomic mass is 9.65. The Kier molecular flexibility index (Phi) is 4.57. The zero-order valence-corrected chi connectivity index (χ0v) is 15.8. The first-order chi connectivity index (χ1) is 11.3. The van der Waals surface area contributed by atoms with Crippen LogP contribution < -0.4 is 0 Å². The van der Waals surface area contributed by atoms with Crippen molar-refractivity contribution in [2.75, 3.05) is 0 Å². The number of fused-ring (bicyclic) bond motifs is 1. The van der Waals surface area contributed by atoms with Crippen LogP contribution in [0.3, 0.4) is 0 Å². The Labute approximate surface area is 145 Å². The highest BCUT2D eigenvalue weighted by atomic mass is 28.3. The van der Waals surface area contributed by atoms with Crippen LogP contribution in [0.1, 0.15) is 31.2 Å². The van der Waals surface area contributed by atoms with E-state index >= 15 is 0 Å². The first kappa shape index (κ1) is 17.2. The van der Waals surface area contributed by atoms with Crippen molar-refractivity contribution in [2.24, 2.45) is 0 Å². The molecule has 0 spiro atoms. The van der Waals surface area contributed by atoms with Gasteiger partial charge in [0.05, 0.1) is 8.07 Å². The van der Waals surface area contributed by atoms with Crippen LogP contribution in [-0.4, -0.2) is 30.0 Å². The molecule has 0 bridgehead atoms. The maximum Gasteiger partial charge on any atom is 0.120 e. The molecule has 0 amide bonds. The van der Waals surface area contributed by atoms with E-state index in [1.54, 1.807) is 0 Å². The standard InChI is InChI=1S/C21H26O2Si/c1-24(2,3)18(14-13-16-10-6-4-7-11-16)19-17-12-8-5-9-15-21(17,23)20(19)22/h4,6-7,10-12,20,22-23H,5,8-9,15H2,1-3H3/b19-18+/t20-,21+/m1/s1. The van der Waals surface area contributed by atoms with Gasteiger partial charge in [-0.2, -0.15) is 0 Å². The van der Waals surface area contributed by atoms with Gasteiger partial charge in [0.15, 0.2) is 0 Å². The van der Waals surface area contributed by atoms with Crippen LogP contribution in [0.5, 0.6) is 0 Å². The number of aliphatic hydroxyl groups is 2. The maximum absolute atomic E-state index is 10.9. The van der Waals surface area contributed by atoms with Crippen LogP contribution >= 0.6 is 0 Å². The average Bonchev–Trinajstić information content (AvgIpc) is 2.71. The first-order valence-electron chi connectivity index (χ1n) is 8.77. The summed E-state index contributed by atoms with van der Waals surface area (Å²) in [6.45, 7) is 6.74. The Morgan fingerprint density at radius 1 is 1.17 bits per heavy atom. The first-order valence-corrected chi connectivity index (χ1v) is 12.3. The molecule has 2 nitrogen and oxygen atoms in total. The number of rotatable bonds is 1. The number of hydrogen-bond donors (Lipinski definition) is 2. The van der Waals surface area contributed by atoms with E-state index in [2.05, 4.69) is 37.6 Å². The van der Waals surface area contributed by atoms with Gasteiger partial charge < -0.3 is 10.2 Å². The predicted octanol–water partition coefficient (Wildman–Crippen LogP) is 3.82. The molecule has 1 saturated carbocycles. The second-order valence-corrected chi connectivity index (χ2v) is 12.8.